The molecular weight excluding hydrogens is 208 g/mol. The summed E-state index contributed by atoms with van der Waals surface area (Å²) in [6.45, 7) is 10.5. The molecule has 0 fully saturated rings. The summed E-state index contributed by atoms with van der Waals surface area (Å²) in [5.74, 6) is 0. The van der Waals surface area contributed by atoms with Crippen molar-refractivity contribution in [3.05, 3.63) is 42.0 Å². The molecule has 2 heteroatoms. The first kappa shape index (κ1) is 12.2. The molecule has 0 aliphatic carbocycles. The van der Waals surface area contributed by atoms with E-state index in [4.69, 9.17) is 0 Å². The monoisotopic (exact) mass is 230 g/mol. The number of hydrogen-bond acceptors (Lipinski definition) is 2. The maximum Gasteiger partial charge on any atom is 0.0402 e. The second-order valence-corrected chi connectivity index (χ2v) is 4.73. The van der Waals surface area contributed by atoms with E-state index in [1.807, 2.05) is 0 Å². The second-order valence-electron chi connectivity index (χ2n) is 4.73. The lowest BCUT2D eigenvalue weighted by atomic mass is 10.2. The number of rotatable bonds is 6. The van der Waals surface area contributed by atoms with Crippen molar-refractivity contribution in [2.75, 3.05) is 31.1 Å². The van der Waals surface area contributed by atoms with Crippen LogP contribution in [0.15, 0.2) is 36.4 Å². The zero-order chi connectivity index (χ0) is 12.1. The Balaban J connectivity index is 1.87. The zero-order valence-electron chi connectivity index (χ0n) is 10.7. The third kappa shape index (κ3) is 3.10. The number of hydrogen-bond donors (Lipinski definition) is 1. The van der Waals surface area contributed by atoms with Crippen LogP contribution in [0.5, 0.6) is 0 Å². The van der Waals surface area contributed by atoms with Crippen molar-refractivity contribution in [1.29, 1.82) is 0 Å². The van der Waals surface area contributed by atoms with Crippen molar-refractivity contribution >= 4 is 5.69 Å². The number of benzene rings is 1. The summed E-state index contributed by atoms with van der Waals surface area (Å²) in [6, 6.07) is 8.69. The molecule has 1 aliphatic rings. The molecule has 0 amide bonds. The molecule has 1 heterocycles. The normalized spacial score (nSPS) is 13.8. The second kappa shape index (κ2) is 5.87. The topological polar surface area (TPSA) is 15.3 Å². The SMILES string of the molecule is C=C(CNCCC)CN1CCc2ccccc21. The highest BCUT2D eigenvalue weighted by Crippen LogP contribution is 2.27. The Morgan fingerprint density at radius 2 is 2.24 bits per heavy atom. The van der Waals surface area contributed by atoms with Crippen LogP contribution in [0, 0.1) is 0 Å². The first-order valence-electron chi connectivity index (χ1n) is 6.51. The van der Waals surface area contributed by atoms with Crippen LogP contribution in [0.25, 0.3) is 0 Å². The van der Waals surface area contributed by atoms with E-state index in [1.165, 1.54) is 29.7 Å². The van der Waals surface area contributed by atoms with E-state index < -0.39 is 0 Å². The highest BCUT2D eigenvalue weighted by Gasteiger charge is 2.18. The van der Waals surface area contributed by atoms with Gasteiger partial charge in [-0.15, -0.1) is 0 Å². The zero-order valence-corrected chi connectivity index (χ0v) is 10.7. The van der Waals surface area contributed by atoms with Crippen molar-refractivity contribution in [1.82, 2.24) is 5.32 Å². The number of para-hydroxylation sites is 1. The Labute approximate surface area is 104 Å². The van der Waals surface area contributed by atoms with Crippen molar-refractivity contribution < 1.29 is 0 Å². The lowest BCUT2D eigenvalue weighted by Crippen LogP contribution is -2.27. The molecule has 0 bridgehead atoms. The molecule has 2 rings (SSSR count). The largest absolute Gasteiger partial charge is 0.367 e. The van der Waals surface area contributed by atoms with Gasteiger partial charge >= 0.3 is 0 Å². The lowest BCUT2D eigenvalue weighted by Gasteiger charge is -2.21. The molecule has 1 aromatic carbocycles. The fourth-order valence-electron chi connectivity index (χ4n) is 2.34. The Morgan fingerprint density at radius 1 is 1.41 bits per heavy atom. The molecule has 92 valence electrons. The van der Waals surface area contributed by atoms with Crippen molar-refractivity contribution in [3.8, 4) is 0 Å². The Bertz CT molecular complexity index is 384. The summed E-state index contributed by atoms with van der Waals surface area (Å²) < 4.78 is 0. The summed E-state index contributed by atoms with van der Waals surface area (Å²) >= 11 is 0. The van der Waals surface area contributed by atoms with Gasteiger partial charge in [0.05, 0.1) is 0 Å². The van der Waals surface area contributed by atoms with Gasteiger partial charge in [0.25, 0.3) is 0 Å². The number of anilines is 1. The Hall–Kier alpha value is -1.28. The van der Waals surface area contributed by atoms with Gasteiger partial charge in [0.1, 0.15) is 0 Å². The maximum absolute atomic E-state index is 4.16. The minimum Gasteiger partial charge on any atom is -0.367 e. The molecule has 1 aliphatic heterocycles. The molecule has 1 aromatic rings. The highest BCUT2D eigenvalue weighted by atomic mass is 15.1. The van der Waals surface area contributed by atoms with Gasteiger partial charge in [-0.3, -0.25) is 0 Å². The van der Waals surface area contributed by atoms with E-state index >= 15 is 0 Å². The summed E-state index contributed by atoms with van der Waals surface area (Å²) in [4.78, 5) is 2.44. The highest BCUT2D eigenvalue weighted by molar-refractivity contribution is 5.58. The van der Waals surface area contributed by atoms with Crippen LogP contribution in [-0.2, 0) is 6.42 Å². The van der Waals surface area contributed by atoms with E-state index in [0.717, 1.165) is 26.2 Å². The molecule has 0 atom stereocenters. The predicted molar refractivity (Wildman–Crippen MR) is 74.7 cm³/mol. The predicted octanol–water partition coefficient (Wildman–Crippen LogP) is 2.60. The van der Waals surface area contributed by atoms with Crippen LogP contribution >= 0.6 is 0 Å². The van der Waals surface area contributed by atoms with Crippen molar-refractivity contribution in [2.45, 2.75) is 19.8 Å². The van der Waals surface area contributed by atoms with E-state index in [-0.39, 0.29) is 0 Å². The molecule has 1 N–H and O–H groups in total. The Morgan fingerprint density at radius 3 is 3.06 bits per heavy atom. The molecular formula is C15H22N2. The van der Waals surface area contributed by atoms with Crippen LogP contribution in [0.2, 0.25) is 0 Å². The van der Waals surface area contributed by atoms with Gasteiger partial charge in [0.2, 0.25) is 0 Å². The van der Waals surface area contributed by atoms with Gasteiger partial charge in [-0.05, 0) is 36.6 Å². The van der Waals surface area contributed by atoms with Crippen LogP contribution < -0.4 is 10.2 Å². The van der Waals surface area contributed by atoms with Crippen LogP contribution in [0.1, 0.15) is 18.9 Å². The quantitative estimate of drug-likeness (QED) is 0.597. The average Bonchev–Trinajstić information content (AvgIpc) is 2.73. The summed E-state index contributed by atoms with van der Waals surface area (Å²) in [6.07, 6.45) is 2.35. The van der Waals surface area contributed by atoms with Gasteiger partial charge in [-0.2, -0.15) is 0 Å². The number of nitrogens with one attached hydrogen (secondary N) is 1. The average molecular weight is 230 g/mol. The summed E-state index contributed by atoms with van der Waals surface area (Å²) in [5.41, 5.74) is 4.14. The van der Waals surface area contributed by atoms with Gasteiger partial charge < -0.3 is 10.2 Å². The molecule has 0 aromatic heterocycles. The third-order valence-corrected chi connectivity index (χ3v) is 3.20. The standard InChI is InChI=1S/C15H22N2/c1-3-9-16-11-13(2)12-17-10-8-14-6-4-5-7-15(14)17/h4-7,16H,2-3,8-12H2,1H3. The minimum absolute atomic E-state index is 0.937. The Kier molecular flexibility index (Phi) is 4.21. The molecule has 0 spiro atoms. The first-order valence-corrected chi connectivity index (χ1v) is 6.51. The van der Waals surface area contributed by atoms with Crippen LogP contribution in [-0.4, -0.2) is 26.2 Å². The summed E-state index contributed by atoms with van der Waals surface area (Å²) in [5, 5.41) is 3.41. The van der Waals surface area contributed by atoms with E-state index in [0.29, 0.717) is 0 Å². The lowest BCUT2D eigenvalue weighted by molar-refractivity contribution is 0.702. The van der Waals surface area contributed by atoms with Gasteiger partial charge in [0.15, 0.2) is 0 Å². The molecule has 0 saturated carbocycles. The molecule has 0 radical (unpaired) electrons. The van der Waals surface area contributed by atoms with E-state index in [9.17, 15) is 0 Å². The van der Waals surface area contributed by atoms with Crippen LogP contribution in [0.4, 0.5) is 5.69 Å². The fourth-order valence-corrected chi connectivity index (χ4v) is 2.34. The minimum atomic E-state index is 0.937. The van der Waals surface area contributed by atoms with Gasteiger partial charge in [0, 0.05) is 25.3 Å². The van der Waals surface area contributed by atoms with Gasteiger partial charge in [-0.25, -0.2) is 0 Å². The molecule has 0 unspecified atom stereocenters. The molecule has 0 saturated heterocycles. The molecule has 17 heavy (non-hydrogen) atoms. The van der Waals surface area contributed by atoms with Crippen molar-refractivity contribution in [3.63, 3.8) is 0 Å². The van der Waals surface area contributed by atoms with E-state index in [2.05, 4.69) is 48.0 Å². The maximum atomic E-state index is 4.16. The van der Waals surface area contributed by atoms with Crippen LogP contribution in [0.3, 0.4) is 0 Å². The summed E-state index contributed by atoms with van der Waals surface area (Å²) in [7, 11) is 0. The smallest absolute Gasteiger partial charge is 0.0402 e. The van der Waals surface area contributed by atoms with Crippen molar-refractivity contribution in [2.24, 2.45) is 0 Å². The first-order chi connectivity index (χ1) is 8.31. The van der Waals surface area contributed by atoms with Gasteiger partial charge in [-0.1, -0.05) is 31.7 Å². The molecule has 2 nitrogen and oxygen atoms in total. The fraction of sp³-hybridized carbons (Fsp3) is 0.467. The number of nitrogens with zero attached hydrogens (tertiary/aromatic N) is 1. The third-order valence-electron chi connectivity index (χ3n) is 3.20. The van der Waals surface area contributed by atoms with E-state index in [1.54, 1.807) is 0 Å². The number of fused-ring (bicyclic) bond motifs is 1.